The van der Waals surface area contributed by atoms with E-state index < -0.39 is 12.0 Å². The molecule has 0 aromatic heterocycles. The van der Waals surface area contributed by atoms with Crippen LogP contribution in [-0.4, -0.2) is 51.8 Å². The third-order valence-corrected chi connectivity index (χ3v) is 8.24. The molecule has 0 spiro atoms. The molecule has 0 unspecified atom stereocenters. The summed E-state index contributed by atoms with van der Waals surface area (Å²) >= 11 is 0. The number of esters is 1. The molecule has 5 rings (SSSR count). The van der Waals surface area contributed by atoms with Gasteiger partial charge in [0.1, 0.15) is 34.9 Å². The number of rotatable bonds is 13. The number of unbranched alkanes of at least 4 members (excludes halogenated alkanes) is 3. The minimum atomic E-state index is -1.04. The van der Waals surface area contributed by atoms with Gasteiger partial charge in [-0.2, -0.15) is 0 Å². The number of ketones is 2. The number of phenols is 1. The van der Waals surface area contributed by atoms with Crippen molar-refractivity contribution in [1.82, 2.24) is 5.32 Å². The summed E-state index contributed by atoms with van der Waals surface area (Å²) in [6.07, 6.45) is 4.31. The number of aromatic carboxylic acids is 1. The Hall–Kier alpha value is -5.32. The smallest absolute Gasteiger partial charge is 0.336 e. The van der Waals surface area contributed by atoms with Crippen molar-refractivity contribution in [3.8, 4) is 28.2 Å². The van der Waals surface area contributed by atoms with E-state index in [0.29, 0.717) is 46.3 Å². The third kappa shape index (κ3) is 8.93. The highest BCUT2D eigenvalue weighted by Gasteiger charge is 2.41. The van der Waals surface area contributed by atoms with E-state index in [2.05, 4.69) is 5.32 Å². The molecule has 0 bridgehead atoms. The van der Waals surface area contributed by atoms with Crippen molar-refractivity contribution in [3.63, 3.8) is 0 Å². The van der Waals surface area contributed by atoms with Gasteiger partial charge >= 0.3 is 11.9 Å². The highest BCUT2D eigenvalue weighted by atomic mass is 16.6. The van der Waals surface area contributed by atoms with Crippen LogP contribution in [0.2, 0.25) is 0 Å². The lowest BCUT2D eigenvalue weighted by atomic mass is 9.90. The Morgan fingerprint density at radius 3 is 2.27 bits per heavy atom. The van der Waals surface area contributed by atoms with Crippen molar-refractivity contribution in [2.24, 2.45) is 5.92 Å². The number of hydrogen-bond donors (Lipinski definition) is 3. The fourth-order valence-electron chi connectivity index (χ4n) is 5.56. The number of aromatic hydroxyl groups is 1. The molecular weight excluding hydrogens is 618 g/mol. The molecule has 2 heterocycles. The highest BCUT2D eigenvalue weighted by molar-refractivity contribution is 6.07. The van der Waals surface area contributed by atoms with Crippen molar-refractivity contribution in [1.29, 1.82) is 0 Å². The average Bonchev–Trinajstić information content (AvgIpc) is 3.04. The third-order valence-electron chi connectivity index (χ3n) is 8.24. The van der Waals surface area contributed by atoms with Gasteiger partial charge in [-0.15, -0.1) is 0 Å². The predicted molar refractivity (Wildman–Crippen MR) is 178 cm³/mol. The van der Waals surface area contributed by atoms with Crippen LogP contribution in [0.1, 0.15) is 76.1 Å². The van der Waals surface area contributed by atoms with E-state index >= 15 is 0 Å². The first kappa shape index (κ1) is 35.5. The van der Waals surface area contributed by atoms with Gasteiger partial charge in [0.15, 0.2) is 11.2 Å². The lowest BCUT2D eigenvalue weighted by molar-refractivity contribution is -0.183. The number of hydrogen-bond acceptors (Lipinski definition) is 9. The number of amides is 1. The van der Waals surface area contributed by atoms with Crippen LogP contribution in [0, 0.1) is 5.92 Å². The van der Waals surface area contributed by atoms with Crippen molar-refractivity contribution in [2.75, 3.05) is 0 Å². The largest absolute Gasteiger partial charge is 0.508 e. The van der Waals surface area contributed by atoms with Crippen LogP contribution < -0.4 is 10.7 Å². The molecule has 3 atom stereocenters. The van der Waals surface area contributed by atoms with Crippen LogP contribution in [0.5, 0.6) is 5.75 Å². The van der Waals surface area contributed by atoms with Gasteiger partial charge in [-0.1, -0.05) is 31.0 Å². The van der Waals surface area contributed by atoms with Gasteiger partial charge in [-0.05, 0) is 69.5 Å². The average molecular weight is 658 g/mol. The normalized spacial score (nSPS) is 15.9. The molecule has 11 nitrogen and oxygen atoms in total. The number of carbonyl (C=O) groups excluding carboxylic acids is 4. The minimum Gasteiger partial charge on any atom is -0.508 e. The summed E-state index contributed by atoms with van der Waals surface area (Å²) in [6.45, 7) is 4.98. The highest BCUT2D eigenvalue weighted by Crippen LogP contribution is 2.41. The molecule has 1 saturated heterocycles. The Balaban J connectivity index is 0.000000218. The van der Waals surface area contributed by atoms with Crippen LogP contribution in [0.3, 0.4) is 0 Å². The molecular formula is C37H39NO10. The molecule has 11 heteroatoms. The number of carbonyl (C=O) groups is 5. The first-order valence-corrected chi connectivity index (χ1v) is 15.9. The predicted octanol–water partition coefficient (Wildman–Crippen LogP) is 5.91. The molecule has 252 valence electrons. The Morgan fingerprint density at radius 1 is 0.896 bits per heavy atom. The number of phenolic OH excluding ortho intramolecular Hbond substituents is 1. The fraction of sp³-hybridized carbons (Fsp3) is 0.351. The van der Waals surface area contributed by atoms with Gasteiger partial charge in [0.25, 0.3) is 0 Å². The maximum absolute atomic E-state index is 12.0. The Morgan fingerprint density at radius 2 is 1.60 bits per heavy atom. The summed E-state index contributed by atoms with van der Waals surface area (Å²) in [5.41, 5.74) is 2.10. The Labute approximate surface area is 277 Å². The molecule has 48 heavy (non-hydrogen) atoms. The van der Waals surface area contributed by atoms with Gasteiger partial charge < -0.3 is 29.5 Å². The standard InChI is InChI=1S/C20H12O5.C17H27NO5/c21-11-5-7-15-17(9-11)25-18-10-12(22)6-8-16(18)19(15)13-3-1-2-4-14(13)20(23)24;1-11(19)8-6-4-5-7-9-16(21)18-12(2)15(20)10-14-13(3)23-17(14)22/h1-10,21H,(H,23,24);12-14H,4-10H2,1-3H3,(H,18,21)/t;12-,13+,14-/m.0/s1. The van der Waals surface area contributed by atoms with Crippen LogP contribution in [0.15, 0.2) is 69.9 Å². The summed E-state index contributed by atoms with van der Waals surface area (Å²) in [5.74, 6) is -1.50. The number of carboxylic acid groups (broad SMARTS) is 1. The van der Waals surface area contributed by atoms with Crippen LogP contribution >= 0.6 is 0 Å². The first-order valence-electron chi connectivity index (χ1n) is 15.9. The van der Waals surface area contributed by atoms with Crippen molar-refractivity contribution >= 4 is 40.4 Å². The SMILES string of the molecule is CC(=O)CCCCCCC(=O)N[C@@H](C)C(=O)C[C@@H]1C(=O)O[C@@H]1C.O=C(O)c1ccccc1-c1c2ccc(=O)cc-2oc2cc(O)ccc12. The van der Waals surface area contributed by atoms with Crippen molar-refractivity contribution < 1.29 is 43.3 Å². The number of carboxylic acids is 1. The fourth-order valence-corrected chi connectivity index (χ4v) is 5.56. The van der Waals surface area contributed by atoms with E-state index in [0.717, 1.165) is 25.7 Å². The van der Waals surface area contributed by atoms with Gasteiger partial charge in [0.2, 0.25) is 5.91 Å². The second kappa shape index (κ2) is 16.0. The maximum Gasteiger partial charge on any atom is 0.336 e. The van der Waals surface area contributed by atoms with Gasteiger partial charge in [0, 0.05) is 47.9 Å². The van der Waals surface area contributed by atoms with Gasteiger partial charge in [0.05, 0.1) is 11.6 Å². The second-order valence-electron chi connectivity index (χ2n) is 12.0. The number of fused-ring (bicyclic) bond motifs is 2. The number of nitrogens with one attached hydrogen (secondary N) is 1. The zero-order valence-electron chi connectivity index (χ0n) is 27.1. The van der Waals surface area contributed by atoms with Crippen LogP contribution in [0.4, 0.5) is 0 Å². The van der Waals surface area contributed by atoms with Crippen molar-refractivity contribution in [3.05, 3.63) is 76.5 Å². The van der Waals surface area contributed by atoms with Crippen molar-refractivity contribution in [2.45, 2.75) is 77.9 Å². The van der Waals surface area contributed by atoms with Crippen LogP contribution in [-0.2, 0) is 23.9 Å². The molecule has 0 saturated carbocycles. The molecule has 1 aliphatic carbocycles. The molecule has 3 N–H and O–H groups in total. The molecule has 0 radical (unpaired) electrons. The summed E-state index contributed by atoms with van der Waals surface area (Å²) < 4.78 is 10.6. The lowest BCUT2D eigenvalue weighted by Gasteiger charge is -2.32. The molecule has 2 aromatic rings. The maximum atomic E-state index is 12.0. The molecule has 3 aliphatic rings. The quantitative estimate of drug-likeness (QED) is 0.0890. The van der Waals surface area contributed by atoms with E-state index in [4.69, 9.17) is 9.15 Å². The van der Waals surface area contributed by atoms with E-state index in [1.165, 1.54) is 30.3 Å². The van der Waals surface area contributed by atoms with Gasteiger partial charge in [-0.3, -0.25) is 19.2 Å². The van der Waals surface area contributed by atoms with E-state index in [9.17, 15) is 39.0 Å². The second-order valence-corrected chi connectivity index (χ2v) is 12.0. The number of Topliss-reactive ketones (excluding diaryl/α,β-unsaturated/α-hetero) is 2. The monoisotopic (exact) mass is 657 g/mol. The number of cyclic esters (lactones) is 1. The molecule has 1 fully saturated rings. The Kier molecular flexibility index (Phi) is 11.8. The first-order chi connectivity index (χ1) is 22.8. The number of benzene rings is 3. The van der Waals surface area contributed by atoms with Gasteiger partial charge in [-0.25, -0.2) is 4.79 Å². The topological polar surface area (TPSA) is 177 Å². The zero-order valence-corrected chi connectivity index (χ0v) is 27.1. The molecule has 1 amide bonds. The van der Waals surface area contributed by atoms with Crippen LogP contribution in [0.25, 0.3) is 33.4 Å². The molecule has 2 aromatic carbocycles. The Bertz CT molecular complexity index is 1860. The summed E-state index contributed by atoms with van der Waals surface area (Å²) in [5, 5.41) is 22.6. The number of ether oxygens (including phenoxy) is 1. The van der Waals surface area contributed by atoms with E-state index in [1.807, 2.05) is 0 Å². The zero-order chi connectivity index (χ0) is 35.0. The minimum absolute atomic E-state index is 0.0198. The molecule has 2 aliphatic heterocycles. The summed E-state index contributed by atoms with van der Waals surface area (Å²) in [6, 6.07) is 15.1. The summed E-state index contributed by atoms with van der Waals surface area (Å²) in [7, 11) is 0. The van der Waals surface area contributed by atoms with E-state index in [-0.39, 0.29) is 58.6 Å². The summed E-state index contributed by atoms with van der Waals surface area (Å²) in [4.78, 5) is 69.1. The van der Waals surface area contributed by atoms with E-state index in [1.54, 1.807) is 51.1 Å². The lowest BCUT2D eigenvalue weighted by Crippen LogP contribution is -2.47.